The highest BCUT2D eigenvalue weighted by molar-refractivity contribution is 7.61. The Morgan fingerprint density at radius 2 is 2.13 bits per heavy atom. The summed E-state index contributed by atoms with van der Waals surface area (Å²) < 4.78 is 24.5. The highest BCUT2D eigenvalue weighted by Gasteiger charge is 2.64. The van der Waals surface area contributed by atoms with Crippen molar-refractivity contribution in [3.8, 4) is 0 Å². The van der Waals surface area contributed by atoms with Crippen LogP contribution < -0.4 is 0 Å². The molecule has 0 spiro atoms. The highest BCUT2D eigenvalue weighted by atomic mass is 32.2. The Balaban J connectivity index is 2.40. The smallest absolute Gasteiger partial charge is 0.299 e. The van der Waals surface area contributed by atoms with E-state index >= 15 is 0 Å². The molecule has 5 heteroatoms. The average molecular weight is 229 g/mol. The summed E-state index contributed by atoms with van der Waals surface area (Å²) in [5.74, 6) is 0.623. The molecule has 0 amide bonds. The van der Waals surface area contributed by atoms with Crippen LogP contribution >= 0.6 is 0 Å². The van der Waals surface area contributed by atoms with E-state index in [1.165, 1.54) is 0 Å². The van der Waals surface area contributed by atoms with Gasteiger partial charge in [0.2, 0.25) is 0 Å². The van der Waals surface area contributed by atoms with Crippen molar-refractivity contribution >= 4 is 16.3 Å². The van der Waals surface area contributed by atoms with Gasteiger partial charge in [0.1, 0.15) is 5.78 Å². The Bertz CT molecular complexity index is 430. The first-order valence-electron chi connectivity index (χ1n) is 5.20. The summed E-state index contributed by atoms with van der Waals surface area (Å²) in [5, 5.41) is 0. The molecule has 1 unspecified atom stereocenters. The van der Waals surface area contributed by atoms with Crippen LogP contribution in [0.5, 0.6) is 0 Å². The third-order valence-corrected chi connectivity index (χ3v) is 4.92. The van der Waals surface area contributed by atoms with E-state index in [4.69, 9.17) is 0 Å². The first kappa shape index (κ1) is 10.8. The van der Waals surface area contributed by atoms with Crippen molar-refractivity contribution in [3.63, 3.8) is 0 Å². The van der Waals surface area contributed by atoms with Crippen LogP contribution in [0.2, 0.25) is 0 Å². The van der Waals surface area contributed by atoms with E-state index < -0.39 is 15.9 Å². The van der Waals surface area contributed by atoms with Gasteiger partial charge in [-0.05, 0) is 24.2 Å². The molecule has 0 saturated heterocycles. The monoisotopic (exact) mass is 229 g/mol. The molecule has 0 aromatic rings. The normalized spacial score (nSPS) is 36.9. The van der Waals surface area contributed by atoms with Gasteiger partial charge in [0.25, 0.3) is 0 Å². The highest BCUT2D eigenvalue weighted by Crippen LogP contribution is 2.63. The van der Waals surface area contributed by atoms with Crippen molar-refractivity contribution in [2.45, 2.75) is 33.1 Å². The Morgan fingerprint density at radius 1 is 1.47 bits per heavy atom. The van der Waals surface area contributed by atoms with Crippen LogP contribution in [0.25, 0.3) is 0 Å². The predicted octanol–water partition coefficient (Wildman–Crippen LogP) is 1.44. The molecule has 0 aliphatic heterocycles. The van der Waals surface area contributed by atoms with E-state index in [-0.39, 0.29) is 17.7 Å². The maximum atomic E-state index is 11.9. The molecule has 0 aromatic carbocycles. The van der Waals surface area contributed by atoms with Crippen molar-refractivity contribution in [1.82, 2.24) is 0 Å². The van der Waals surface area contributed by atoms with Crippen LogP contribution in [0.4, 0.5) is 0 Å². The molecule has 0 radical (unpaired) electrons. The van der Waals surface area contributed by atoms with Crippen molar-refractivity contribution in [3.05, 3.63) is 0 Å². The number of carbonyl (C=O) groups excluding carboxylic acids is 1. The van der Waals surface area contributed by atoms with E-state index in [9.17, 15) is 13.2 Å². The molecule has 15 heavy (non-hydrogen) atoms. The molecule has 2 fully saturated rings. The number of hydrogen-bond donors (Lipinski definition) is 0. The molecule has 2 rings (SSSR count). The number of rotatable bonds is 2. The summed E-state index contributed by atoms with van der Waals surface area (Å²) in [4.78, 5) is 11.9. The lowest BCUT2D eigenvalue weighted by atomic mass is 9.69. The molecule has 2 bridgehead atoms. The summed E-state index contributed by atoms with van der Waals surface area (Å²) in [7, 11) is -2.40. The van der Waals surface area contributed by atoms with E-state index in [1.807, 2.05) is 0 Å². The Kier molecular flexibility index (Phi) is 2.26. The SMILES string of the molecule is CC1(C)C2CC[C@]1(CN=S(=O)=O)C(=O)C2. The van der Waals surface area contributed by atoms with Crippen molar-refractivity contribution in [1.29, 1.82) is 0 Å². The molecule has 0 heterocycles. The molecule has 0 aromatic heterocycles. The van der Waals surface area contributed by atoms with Gasteiger partial charge in [-0.25, -0.2) is 0 Å². The molecular weight excluding hydrogens is 214 g/mol. The second-order valence-electron chi connectivity index (χ2n) is 5.17. The van der Waals surface area contributed by atoms with Gasteiger partial charge in [-0.2, -0.15) is 12.8 Å². The maximum Gasteiger partial charge on any atom is 0.311 e. The van der Waals surface area contributed by atoms with E-state index in [1.54, 1.807) is 0 Å². The standard InChI is InChI=1S/C10H15NO3S/c1-9(2)7-3-4-10(9,8(12)5-7)6-11-15(13)14/h7H,3-6H2,1-2H3/t7?,10-/m0/s1. The summed E-state index contributed by atoms with van der Waals surface area (Å²) in [5.41, 5.74) is -0.593. The Hall–Kier alpha value is -0.710. The molecule has 2 atom stereocenters. The van der Waals surface area contributed by atoms with Gasteiger partial charge in [-0.1, -0.05) is 13.8 Å². The third kappa shape index (κ3) is 1.29. The fraction of sp³-hybridized carbons (Fsp3) is 0.900. The zero-order valence-electron chi connectivity index (χ0n) is 8.99. The minimum absolute atomic E-state index is 0.0903. The van der Waals surface area contributed by atoms with E-state index in [0.29, 0.717) is 12.3 Å². The Morgan fingerprint density at radius 3 is 2.53 bits per heavy atom. The van der Waals surface area contributed by atoms with Gasteiger partial charge in [0, 0.05) is 6.42 Å². The zero-order valence-corrected chi connectivity index (χ0v) is 9.80. The second-order valence-corrected chi connectivity index (χ2v) is 5.86. The van der Waals surface area contributed by atoms with Crippen LogP contribution in [0, 0.1) is 16.7 Å². The predicted molar refractivity (Wildman–Crippen MR) is 54.8 cm³/mol. The Labute approximate surface area is 90.8 Å². The van der Waals surface area contributed by atoms with Gasteiger partial charge in [-0.15, -0.1) is 0 Å². The largest absolute Gasteiger partial charge is 0.311 e. The van der Waals surface area contributed by atoms with Crippen LogP contribution in [0.1, 0.15) is 33.1 Å². The lowest BCUT2D eigenvalue weighted by molar-refractivity contribution is -0.128. The number of fused-ring (bicyclic) bond motifs is 2. The summed E-state index contributed by atoms with van der Waals surface area (Å²) in [6, 6.07) is 0. The molecular formula is C10H15NO3S. The number of Topliss-reactive ketones (excluding diaryl/α,β-unsaturated/α-hetero) is 1. The zero-order chi connectivity index (χ0) is 11.3. The van der Waals surface area contributed by atoms with Gasteiger partial charge in [0.05, 0.1) is 12.0 Å². The molecule has 2 aliphatic carbocycles. The quantitative estimate of drug-likeness (QED) is 0.719. The van der Waals surface area contributed by atoms with Crippen molar-refractivity contribution in [2.75, 3.05) is 6.54 Å². The second kappa shape index (κ2) is 3.14. The first-order chi connectivity index (χ1) is 6.90. The number of hydrogen-bond acceptors (Lipinski definition) is 4. The molecule has 0 N–H and O–H groups in total. The molecule has 4 nitrogen and oxygen atoms in total. The van der Waals surface area contributed by atoms with E-state index in [0.717, 1.165) is 12.8 Å². The first-order valence-corrected chi connectivity index (χ1v) is 6.23. The third-order valence-electron chi connectivity index (χ3n) is 4.58. The summed E-state index contributed by atoms with van der Waals surface area (Å²) in [6.07, 6.45) is 2.43. The topological polar surface area (TPSA) is 63.6 Å². The summed E-state index contributed by atoms with van der Waals surface area (Å²) in [6.45, 7) is 4.28. The van der Waals surface area contributed by atoms with Gasteiger partial charge < -0.3 is 0 Å². The molecule has 2 saturated carbocycles. The van der Waals surface area contributed by atoms with E-state index in [2.05, 4.69) is 18.2 Å². The van der Waals surface area contributed by atoms with Crippen LogP contribution in [-0.4, -0.2) is 20.7 Å². The number of ketones is 1. The van der Waals surface area contributed by atoms with Crippen molar-refractivity contribution < 1.29 is 13.2 Å². The fourth-order valence-corrected chi connectivity index (χ4v) is 3.63. The van der Waals surface area contributed by atoms with Crippen LogP contribution in [-0.2, 0) is 15.3 Å². The minimum Gasteiger partial charge on any atom is -0.299 e. The average Bonchev–Trinajstić information content (AvgIpc) is 2.47. The number of nitrogens with zero attached hydrogens (tertiary/aromatic N) is 1. The fourth-order valence-electron chi connectivity index (χ4n) is 3.30. The molecule has 84 valence electrons. The van der Waals surface area contributed by atoms with Crippen LogP contribution in [0.15, 0.2) is 4.36 Å². The van der Waals surface area contributed by atoms with Gasteiger partial charge in [-0.3, -0.25) is 4.79 Å². The van der Waals surface area contributed by atoms with Crippen LogP contribution in [0.3, 0.4) is 0 Å². The lowest BCUT2D eigenvalue weighted by Crippen LogP contribution is -2.38. The van der Waals surface area contributed by atoms with Crippen molar-refractivity contribution in [2.24, 2.45) is 21.1 Å². The van der Waals surface area contributed by atoms with Gasteiger partial charge >= 0.3 is 10.5 Å². The maximum absolute atomic E-state index is 11.9. The number of carbonyl (C=O) groups is 1. The minimum atomic E-state index is -2.40. The molecule has 2 aliphatic rings. The summed E-state index contributed by atoms with van der Waals surface area (Å²) >= 11 is 0. The van der Waals surface area contributed by atoms with Gasteiger partial charge in [0.15, 0.2) is 0 Å². The lowest BCUT2D eigenvalue weighted by Gasteiger charge is -2.34.